The molecule has 2 aromatic rings. The maximum absolute atomic E-state index is 5.31. The Labute approximate surface area is 138 Å². The highest BCUT2D eigenvalue weighted by Crippen LogP contribution is 2.27. The minimum atomic E-state index is 0. The summed E-state index contributed by atoms with van der Waals surface area (Å²) in [5.41, 5.74) is 3.47. The van der Waals surface area contributed by atoms with Crippen molar-refractivity contribution in [2.24, 2.45) is 7.05 Å². The number of nitrogens with one attached hydrogen (secondary N) is 1. The van der Waals surface area contributed by atoms with Crippen LogP contribution in [0.5, 0.6) is 11.5 Å². The van der Waals surface area contributed by atoms with Crippen LogP contribution in [0.25, 0.3) is 0 Å². The summed E-state index contributed by atoms with van der Waals surface area (Å²) in [6, 6.07) is 8.13. The van der Waals surface area contributed by atoms with Gasteiger partial charge in [-0.15, -0.1) is 12.4 Å². The molecule has 0 aliphatic carbocycles. The van der Waals surface area contributed by atoms with Gasteiger partial charge in [0.2, 0.25) is 0 Å². The number of ether oxygens (including phenoxy) is 2. The smallest absolute Gasteiger partial charge is 0.160 e. The fourth-order valence-electron chi connectivity index (χ4n) is 2.32. The van der Waals surface area contributed by atoms with Gasteiger partial charge in [0.25, 0.3) is 0 Å². The predicted molar refractivity (Wildman–Crippen MR) is 90.1 cm³/mol. The van der Waals surface area contributed by atoms with Gasteiger partial charge in [-0.1, -0.05) is 6.07 Å². The first-order valence-electron chi connectivity index (χ1n) is 7.05. The highest BCUT2D eigenvalue weighted by atomic mass is 35.5. The van der Waals surface area contributed by atoms with Crippen molar-refractivity contribution < 1.29 is 9.47 Å². The Hall–Kier alpha value is -1.72. The molecule has 1 aromatic carbocycles. The Morgan fingerprint density at radius 1 is 1.14 bits per heavy atom. The van der Waals surface area contributed by atoms with Crippen molar-refractivity contribution in [3.8, 4) is 11.5 Å². The highest BCUT2D eigenvalue weighted by molar-refractivity contribution is 5.85. The average Bonchev–Trinajstić information content (AvgIpc) is 2.81. The van der Waals surface area contributed by atoms with Crippen LogP contribution in [0.2, 0.25) is 0 Å². The second kappa shape index (κ2) is 8.66. The lowest BCUT2D eigenvalue weighted by atomic mass is 10.1. The van der Waals surface area contributed by atoms with Gasteiger partial charge >= 0.3 is 0 Å². The normalized spacial score (nSPS) is 10.2. The summed E-state index contributed by atoms with van der Waals surface area (Å²) >= 11 is 0. The summed E-state index contributed by atoms with van der Waals surface area (Å²) in [4.78, 5) is 0. The van der Waals surface area contributed by atoms with E-state index in [1.807, 2.05) is 30.8 Å². The molecule has 0 aliphatic heterocycles. The molecular weight excluding hydrogens is 302 g/mol. The quantitative estimate of drug-likeness (QED) is 0.795. The zero-order valence-electron chi connectivity index (χ0n) is 13.5. The van der Waals surface area contributed by atoms with Crippen LogP contribution < -0.4 is 14.8 Å². The molecule has 0 fully saturated rings. The van der Waals surface area contributed by atoms with Crippen molar-refractivity contribution in [1.82, 2.24) is 15.1 Å². The van der Waals surface area contributed by atoms with Gasteiger partial charge in [0.1, 0.15) is 0 Å². The molecule has 22 heavy (non-hydrogen) atoms. The molecule has 1 N–H and O–H groups in total. The van der Waals surface area contributed by atoms with E-state index >= 15 is 0 Å². The van der Waals surface area contributed by atoms with E-state index in [0.29, 0.717) is 0 Å². The summed E-state index contributed by atoms with van der Waals surface area (Å²) in [6.45, 7) is 3.73. The molecule has 0 saturated heterocycles. The van der Waals surface area contributed by atoms with E-state index in [2.05, 4.69) is 22.5 Å². The van der Waals surface area contributed by atoms with Crippen molar-refractivity contribution in [3.05, 3.63) is 41.2 Å². The van der Waals surface area contributed by atoms with E-state index in [1.54, 1.807) is 14.2 Å². The summed E-state index contributed by atoms with van der Waals surface area (Å²) < 4.78 is 12.5. The number of methoxy groups -OCH3 is 2. The Morgan fingerprint density at radius 3 is 2.45 bits per heavy atom. The van der Waals surface area contributed by atoms with E-state index < -0.39 is 0 Å². The second-order valence-electron chi connectivity index (χ2n) is 5.02. The number of nitrogens with zero attached hydrogens (tertiary/aromatic N) is 2. The first-order valence-corrected chi connectivity index (χ1v) is 7.05. The first-order chi connectivity index (χ1) is 10.1. The van der Waals surface area contributed by atoms with Crippen molar-refractivity contribution in [2.45, 2.75) is 19.9 Å². The van der Waals surface area contributed by atoms with Crippen LogP contribution in [0.15, 0.2) is 24.3 Å². The topological polar surface area (TPSA) is 48.3 Å². The molecule has 1 aromatic heterocycles. The predicted octanol–water partition coefficient (Wildman–Crippen LogP) is 2.50. The third kappa shape index (κ3) is 4.64. The maximum Gasteiger partial charge on any atom is 0.160 e. The van der Waals surface area contributed by atoms with Gasteiger partial charge in [-0.2, -0.15) is 5.10 Å². The molecule has 0 unspecified atom stereocenters. The largest absolute Gasteiger partial charge is 0.493 e. The zero-order valence-corrected chi connectivity index (χ0v) is 14.4. The number of aromatic nitrogens is 2. The van der Waals surface area contributed by atoms with Crippen molar-refractivity contribution in [3.63, 3.8) is 0 Å². The van der Waals surface area contributed by atoms with E-state index in [4.69, 9.17) is 9.47 Å². The molecule has 0 spiro atoms. The molecule has 0 atom stereocenters. The SMILES string of the molecule is COc1ccc(CCNCc2cc(C)nn2C)cc1OC.Cl. The number of benzene rings is 1. The Bertz CT molecular complexity index is 599. The number of halogens is 1. The lowest BCUT2D eigenvalue weighted by Crippen LogP contribution is -2.18. The fraction of sp³-hybridized carbons (Fsp3) is 0.438. The van der Waals surface area contributed by atoms with Crippen LogP contribution in [0.4, 0.5) is 0 Å². The van der Waals surface area contributed by atoms with Crippen molar-refractivity contribution in [1.29, 1.82) is 0 Å². The maximum atomic E-state index is 5.31. The molecule has 0 saturated carbocycles. The van der Waals surface area contributed by atoms with E-state index in [9.17, 15) is 0 Å². The van der Waals surface area contributed by atoms with Gasteiger partial charge in [0, 0.05) is 13.6 Å². The van der Waals surface area contributed by atoms with Gasteiger partial charge in [0.05, 0.1) is 25.6 Å². The lowest BCUT2D eigenvalue weighted by Gasteiger charge is -2.10. The second-order valence-corrected chi connectivity index (χ2v) is 5.02. The molecular formula is C16H24ClN3O2. The van der Waals surface area contributed by atoms with Crippen molar-refractivity contribution >= 4 is 12.4 Å². The lowest BCUT2D eigenvalue weighted by molar-refractivity contribution is 0.354. The standard InChI is InChI=1S/C16H23N3O2.ClH/c1-12-9-14(19(2)18-12)11-17-8-7-13-5-6-15(20-3)16(10-13)21-4;/h5-6,9-10,17H,7-8,11H2,1-4H3;1H. The van der Waals surface area contributed by atoms with Crippen LogP contribution in [0, 0.1) is 6.92 Å². The molecule has 122 valence electrons. The first kappa shape index (κ1) is 18.3. The van der Waals surface area contributed by atoms with Crippen LogP contribution in [0.1, 0.15) is 17.0 Å². The van der Waals surface area contributed by atoms with E-state index in [1.165, 1.54) is 11.3 Å². The summed E-state index contributed by atoms with van der Waals surface area (Å²) in [7, 11) is 5.28. The molecule has 0 aliphatic rings. The molecule has 0 radical (unpaired) electrons. The molecule has 2 rings (SSSR count). The van der Waals surface area contributed by atoms with E-state index in [0.717, 1.165) is 36.7 Å². The van der Waals surface area contributed by atoms with Gasteiger partial charge in [0.15, 0.2) is 11.5 Å². The monoisotopic (exact) mass is 325 g/mol. The number of hydrogen-bond donors (Lipinski definition) is 1. The van der Waals surface area contributed by atoms with Gasteiger partial charge in [-0.05, 0) is 43.7 Å². The van der Waals surface area contributed by atoms with Crippen LogP contribution >= 0.6 is 12.4 Å². The minimum Gasteiger partial charge on any atom is -0.493 e. The number of aryl methyl sites for hydroxylation is 2. The highest BCUT2D eigenvalue weighted by Gasteiger charge is 2.05. The molecule has 6 heteroatoms. The summed E-state index contributed by atoms with van der Waals surface area (Å²) in [6.07, 6.45) is 0.942. The van der Waals surface area contributed by atoms with Gasteiger partial charge in [-0.3, -0.25) is 4.68 Å². The van der Waals surface area contributed by atoms with Gasteiger partial charge < -0.3 is 14.8 Å². The molecule has 0 amide bonds. The fourth-order valence-corrected chi connectivity index (χ4v) is 2.32. The number of hydrogen-bond acceptors (Lipinski definition) is 4. The third-order valence-corrected chi connectivity index (χ3v) is 3.44. The number of rotatable bonds is 7. The van der Waals surface area contributed by atoms with Gasteiger partial charge in [-0.25, -0.2) is 0 Å². The molecule has 5 nitrogen and oxygen atoms in total. The summed E-state index contributed by atoms with van der Waals surface area (Å²) in [5, 5.41) is 7.77. The van der Waals surface area contributed by atoms with E-state index in [-0.39, 0.29) is 12.4 Å². The Morgan fingerprint density at radius 2 is 1.86 bits per heavy atom. The average molecular weight is 326 g/mol. The third-order valence-electron chi connectivity index (χ3n) is 3.44. The van der Waals surface area contributed by atoms with Crippen LogP contribution in [-0.2, 0) is 20.0 Å². The summed E-state index contributed by atoms with van der Waals surface area (Å²) in [5.74, 6) is 1.54. The van der Waals surface area contributed by atoms with Crippen molar-refractivity contribution in [2.75, 3.05) is 20.8 Å². The minimum absolute atomic E-state index is 0. The molecule has 1 heterocycles. The van der Waals surface area contributed by atoms with Crippen LogP contribution in [-0.4, -0.2) is 30.5 Å². The Kier molecular flexibility index (Phi) is 7.21. The zero-order chi connectivity index (χ0) is 15.2. The van der Waals surface area contributed by atoms with Crippen LogP contribution in [0.3, 0.4) is 0 Å². The molecule has 0 bridgehead atoms. The Balaban J connectivity index is 0.00000242.